The van der Waals surface area contributed by atoms with Crippen LogP contribution in [0.3, 0.4) is 0 Å². The number of methoxy groups -OCH3 is 1. The van der Waals surface area contributed by atoms with Crippen molar-refractivity contribution in [3.05, 3.63) is 53.1 Å². The van der Waals surface area contributed by atoms with Crippen LogP contribution in [0, 0.1) is 0 Å². The number of ether oxygens (including phenoxy) is 1. The summed E-state index contributed by atoms with van der Waals surface area (Å²) in [7, 11) is 1.33. The van der Waals surface area contributed by atoms with Crippen molar-refractivity contribution in [2.24, 2.45) is 0 Å². The minimum Gasteiger partial charge on any atom is -0.497 e. The number of alkyl halides is 3. The first-order chi connectivity index (χ1) is 9.40. The average Bonchev–Trinajstić information content (AvgIpc) is 2.40. The van der Waals surface area contributed by atoms with Gasteiger partial charge in [-0.1, -0.05) is 23.4 Å². The molecule has 0 atom stereocenters. The van der Waals surface area contributed by atoms with Gasteiger partial charge in [-0.2, -0.15) is 13.2 Å². The first-order valence-corrected chi connectivity index (χ1v) is 6.78. The number of rotatable bonds is 3. The lowest BCUT2D eigenvalue weighted by molar-refractivity contribution is -0.139. The Kier molecular flexibility index (Phi) is 4.50. The van der Waals surface area contributed by atoms with Gasteiger partial charge in [0.2, 0.25) is 0 Å². The molecule has 6 heteroatoms. The van der Waals surface area contributed by atoms with Crippen molar-refractivity contribution >= 4 is 23.4 Å². The highest BCUT2D eigenvalue weighted by Crippen LogP contribution is 2.41. The number of benzene rings is 2. The van der Waals surface area contributed by atoms with Crippen LogP contribution in [0.1, 0.15) is 5.56 Å². The summed E-state index contributed by atoms with van der Waals surface area (Å²) in [6, 6.07) is 10.5. The molecule has 0 saturated carbocycles. The molecule has 0 amide bonds. The second-order valence-corrected chi connectivity index (χ2v) is 5.47. The topological polar surface area (TPSA) is 9.23 Å². The summed E-state index contributed by atoms with van der Waals surface area (Å²) in [5, 5.41) is 0.542. The molecule has 20 heavy (non-hydrogen) atoms. The molecule has 0 heterocycles. The summed E-state index contributed by atoms with van der Waals surface area (Å²) in [5.41, 5.74) is -0.711. The van der Waals surface area contributed by atoms with Crippen molar-refractivity contribution in [1.82, 2.24) is 0 Å². The van der Waals surface area contributed by atoms with Crippen molar-refractivity contribution in [3.8, 4) is 5.75 Å². The zero-order valence-corrected chi connectivity index (χ0v) is 11.9. The maximum Gasteiger partial charge on any atom is 0.417 e. The summed E-state index contributed by atoms with van der Waals surface area (Å²) in [6.07, 6.45) is -4.43. The molecule has 2 rings (SSSR count). The van der Waals surface area contributed by atoms with Gasteiger partial charge in [0.25, 0.3) is 0 Å². The van der Waals surface area contributed by atoms with Crippen LogP contribution in [0.25, 0.3) is 0 Å². The highest BCUT2D eigenvalue weighted by molar-refractivity contribution is 7.99. The van der Waals surface area contributed by atoms with Gasteiger partial charge >= 0.3 is 6.18 Å². The molecule has 0 bridgehead atoms. The van der Waals surface area contributed by atoms with Gasteiger partial charge < -0.3 is 4.74 Å². The third kappa shape index (κ3) is 3.61. The minimum atomic E-state index is -4.43. The summed E-state index contributed by atoms with van der Waals surface area (Å²) < 4.78 is 44.0. The summed E-state index contributed by atoms with van der Waals surface area (Å²) >= 11 is 6.79. The van der Waals surface area contributed by atoms with Gasteiger partial charge in [-0.15, -0.1) is 0 Å². The van der Waals surface area contributed by atoms with Crippen LogP contribution >= 0.6 is 23.4 Å². The zero-order chi connectivity index (χ0) is 14.8. The second-order valence-electron chi connectivity index (χ2n) is 3.92. The van der Waals surface area contributed by atoms with Gasteiger partial charge in [0.05, 0.1) is 12.7 Å². The Hall–Kier alpha value is -1.33. The van der Waals surface area contributed by atoms with E-state index in [2.05, 4.69) is 0 Å². The molecule has 0 fully saturated rings. The van der Waals surface area contributed by atoms with Crippen LogP contribution in [-0.2, 0) is 6.18 Å². The van der Waals surface area contributed by atoms with Crippen molar-refractivity contribution in [1.29, 1.82) is 0 Å². The van der Waals surface area contributed by atoms with Crippen LogP contribution in [0.5, 0.6) is 5.75 Å². The third-order valence-electron chi connectivity index (χ3n) is 2.53. The maximum absolute atomic E-state index is 13.0. The first kappa shape index (κ1) is 15.1. The molecule has 0 spiro atoms. The van der Waals surface area contributed by atoms with Crippen molar-refractivity contribution in [2.75, 3.05) is 7.11 Å². The van der Waals surface area contributed by atoms with E-state index >= 15 is 0 Å². The molecule has 0 unspecified atom stereocenters. The van der Waals surface area contributed by atoms with Crippen LogP contribution in [0.4, 0.5) is 13.2 Å². The van der Waals surface area contributed by atoms with Gasteiger partial charge in [-0.05, 0) is 42.5 Å². The first-order valence-electron chi connectivity index (χ1n) is 5.59. The van der Waals surface area contributed by atoms with Gasteiger partial charge in [0.15, 0.2) is 0 Å². The van der Waals surface area contributed by atoms with Crippen LogP contribution < -0.4 is 4.74 Å². The number of hydrogen-bond acceptors (Lipinski definition) is 2. The predicted octanol–water partition coefficient (Wildman–Crippen LogP) is 5.52. The molecule has 1 nitrogen and oxygen atoms in total. The van der Waals surface area contributed by atoms with Gasteiger partial charge in [-0.25, -0.2) is 0 Å². The largest absolute Gasteiger partial charge is 0.497 e. The molecular formula is C14H10ClF3OS. The van der Waals surface area contributed by atoms with Gasteiger partial charge in [-0.3, -0.25) is 0 Å². The average molecular weight is 319 g/mol. The Morgan fingerprint density at radius 3 is 2.25 bits per heavy atom. The van der Waals surface area contributed by atoms with E-state index in [1.165, 1.54) is 19.2 Å². The van der Waals surface area contributed by atoms with Gasteiger partial charge in [0, 0.05) is 14.8 Å². The van der Waals surface area contributed by atoms with E-state index in [-0.39, 0.29) is 10.6 Å². The molecule has 0 radical (unpaired) electrons. The predicted molar refractivity (Wildman–Crippen MR) is 73.6 cm³/mol. The lowest BCUT2D eigenvalue weighted by Crippen LogP contribution is -2.07. The molecule has 0 aliphatic carbocycles. The smallest absolute Gasteiger partial charge is 0.417 e. The molecule has 0 aliphatic rings. The summed E-state index contributed by atoms with van der Waals surface area (Å²) in [5.74, 6) is 0.179. The van der Waals surface area contributed by atoms with E-state index in [1.807, 2.05) is 0 Å². The van der Waals surface area contributed by atoms with Crippen LogP contribution in [0.2, 0.25) is 5.02 Å². The molecular weight excluding hydrogens is 309 g/mol. The lowest BCUT2D eigenvalue weighted by atomic mass is 10.2. The molecule has 0 saturated heterocycles. The summed E-state index contributed by atoms with van der Waals surface area (Å²) in [4.78, 5) is 0.811. The number of hydrogen-bond donors (Lipinski definition) is 0. The SMILES string of the molecule is COc1ccc(Sc2ccc(Cl)cc2)c(C(F)(F)F)c1. The van der Waals surface area contributed by atoms with Crippen molar-refractivity contribution in [2.45, 2.75) is 16.0 Å². The fourth-order valence-corrected chi connectivity index (χ4v) is 2.65. The van der Waals surface area contributed by atoms with E-state index in [9.17, 15) is 13.2 Å². The van der Waals surface area contributed by atoms with E-state index in [4.69, 9.17) is 16.3 Å². The molecule has 2 aromatic carbocycles. The van der Waals surface area contributed by atoms with Crippen molar-refractivity contribution < 1.29 is 17.9 Å². The fraction of sp³-hybridized carbons (Fsp3) is 0.143. The van der Waals surface area contributed by atoms with E-state index < -0.39 is 11.7 Å². The molecule has 0 N–H and O–H groups in total. The van der Waals surface area contributed by atoms with Crippen LogP contribution in [0.15, 0.2) is 52.3 Å². The van der Waals surface area contributed by atoms with E-state index in [1.54, 1.807) is 24.3 Å². The van der Waals surface area contributed by atoms with Crippen molar-refractivity contribution in [3.63, 3.8) is 0 Å². The fourth-order valence-electron chi connectivity index (χ4n) is 1.58. The Morgan fingerprint density at radius 2 is 1.70 bits per heavy atom. The quantitative estimate of drug-likeness (QED) is 0.737. The molecule has 2 aromatic rings. The highest BCUT2D eigenvalue weighted by Gasteiger charge is 2.34. The van der Waals surface area contributed by atoms with Crippen LogP contribution in [-0.4, -0.2) is 7.11 Å². The van der Waals surface area contributed by atoms with E-state index in [0.29, 0.717) is 9.92 Å². The zero-order valence-electron chi connectivity index (χ0n) is 10.4. The Morgan fingerprint density at radius 1 is 1.05 bits per heavy atom. The summed E-state index contributed by atoms with van der Waals surface area (Å²) in [6.45, 7) is 0. The Bertz CT molecular complexity index is 596. The lowest BCUT2D eigenvalue weighted by Gasteiger charge is -2.13. The monoisotopic (exact) mass is 318 g/mol. The Balaban J connectivity index is 2.38. The minimum absolute atomic E-state index is 0.126. The molecule has 0 aliphatic heterocycles. The maximum atomic E-state index is 13.0. The number of halogens is 4. The van der Waals surface area contributed by atoms with Gasteiger partial charge in [0.1, 0.15) is 5.75 Å². The third-order valence-corrected chi connectivity index (χ3v) is 3.87. The molecule has 106 valence electrons. The highest BCUT2D eigenvalue weighted by atomic mass is 35.5. The van der Waals surface area contributed by atoms with E-state index in [0.717, 1.165) is 17.8 Å². The second kappa shape index (κ2) is 5.97. The normalized spacial score (nSPS) is 11.4. The standard InChI is InChI=1S/C14H10ClF3OS/c1-19-10-4-7-13(12(8-10)14(16,17)18)20-11-5-2-9(15)3-6-11/h2-8H,1H3. The molecule has 0 aromatic heterocycles. The Labute approximate surface area is 123 Å².